The molecule has 18 heavy (non-hydrogen) atoms. The van der Waals surface area contributed by atoms with Crippen molar-refractivity contribution < 1.29 is 4.79 Å². The predicted octanol–water partition coefficient (Wildman–Crippen LogP) is 2.06. The summed E-state index contributed by atoms with van der Waals surface area (Å²) < 4.78 is 0. The summed E-state index contributed by atoms with van der Waals surface area (Å²) in [7, 11) is 0. The Labute approximate surface area is 110 Å². The summed E-state index contributed by atoms with van der Waals surface area (Å²) in [5.41, 5.74) is 0. The Bertz CT molecular complexity index is 317. The van der Waals surface area contributed by atoms with E-state index in [1.54, 1.807) is 0 Å². The molecule has 2 fully saturated rings. The highest BCUT2D eigenvalue weighted by Crippen LogP contribution is 2.26. The van der Waals surface area contributed by atoms with Gasteiger partial charge in [-0.05, 0) is 24.7 Å². The average molecular weight is 251 g/mol. The van der Waals surface area contributed by atoms with Gasteiger partial charge < -0.3 is 5.32 Å². The monoisotopic (exact) mass is 251 g/mol. The molecule has 0 aromatic carbocycles. The van der Waals surface area contributed by atoms with Crippen LogP contribution < -0.4 is 10.6 Å². The van der Waals surface area contributed by atoms with Gasteiger partial charge in [0, 0.05) is 6.54 Å². The van der Waals surface area contributed by atoms with Crippen LogP contribution in [0.5, 0.6) is 0 Å². The molecule has 1 saturated heterocycles. The van der Waals surface area contributed by atoms with Crippen molar-refractivity contribution in [2.24, 2.45) is 16.8 Å². The molecule has 0 aromatic rings. The van der Waals surface area contributed by atoms with E-state index < -0.39 is 0 Å². The van der Waals surface area contributed by atoms with Gasteiger partial charge in [-0.3, -0.25) is 15.1 Å². The maximum Gasteiger partial charge on any atom is 0.249 e. The molecule has 1 aliphatic heterocycles. The van der Waals surface area contributed by atoms with Gasteiger partial charge in [0.1, 0.15) is 6.04 Å². The minimum absolute atomic E-state index is 0.0472. The topological polar surface area (TPSA) is 53.5 Å². The Morgan fingerprint density at radius 3 is 2.50 bits per heavy atom. The number of hydrogen-bond acceptors (Lipinski definition) is 2. The highest BCUT2D eigenvalue weighted by Gasteiger charge is 2.34. The smallest absolute Gasteiger partial charge is 0.249 e. The van der Waals surface area contributed by atoms with Crippen molar-refractivity contribution in [1.29, 1.82) is 0 Å². The van der Waals surface area contributed by atoms with E-state index in [0.717, 1.165) is 6.54 Å². The largest absolute Gasteiger partial charge is 0.344 e. The van der Waals surface area contributed by atoms with E-state index in [1.807, 2.05) is 0 Å². The van der Waals surface area contributed by atoms with Crippen molar-refractivity contribution in [2.45, 2.75) is 58.4 Å². The van der Waals surface area contributed by atoms with Crippen LogP contribution in [0, 0.1) is 11.8 Å². The number of rotatable bonds is 3. The molecule has 1 unspecified atom stereocenters. The molecule has 2 rings (SSSR count). The number of aliphatic imine (C=N–C) groups is 1. The van der Waals surface area contributed by atoms with Crippen LogP contribution in [0.25, 0.3) is 0 Å². The van der Waals surface area contributed by atoms with Gasteiger partial charge in [-0.15, -0.1) is 0 Å². The van der Waals surface area contributed by atoms with Crippen molar-refractivity contribution in [3.05, 3.63) is 0 Å². The highest BCUT2D eigenvalue weighted by molar-refractivity contribution is 6.06. The Morgan fingerprint density at radius 2 is 1.89 bits per heavy atom. The van der Waals surface area contributed by atoms with Crippen molar-refractivity contribution >= 4 is 11.9 Å². The molecule has 4 nitrogen and oxygen atoms in total. The van der Waals surface area contributed by atoms with Crippen LogP contribution in [0.1, 0.15) is 52.4 Å². The zero-order chi connectivity index (χ0) is 13.0. The fraction of sp³-hybridized carbons (Fsp3) is 0.857. The lowest BCUT2D eigenvalue weighted by Gasteiger charge is -2.19. The SMILES string of the molecule is CC(C)CN=C1NC(=O)C(C2CCCCCC2)N1. The van der Waals surface area contributed by atoms with Gasteiger partial charge in [-0.2, -0.15) is 0 Å². The molecule has 0 bridgehead atoms. The molecule has 1 heterocycles. The van der Waals surface area contributed by atoms with Gasteiger partial charge in [0.05, 0.1) is 0 Å². The molecule has 102 valence electrons. The lowest BCUT2D eigenvalue weighted by atomic mass is 9.92. The zero-order valence-electron chi connectivity index (χ0n) is 11.5. The lowest BCUT2D eigenvalue weighted by molar-refractivity contribution is -0.121. The molecule has 0 spiro atoms. The van der Waals surface area contributed by atoms with Gasteiger partial charge in [-0.25, -0.2) is 0 Å². The molecule has 4 heteroatoms. The first-order valence-corrected chi connectivity index (χ1v) is 7.28. The Kier molecular flexibility index (Phi) is 4.61. The zero-order valence-corrected chi connectivity index (χ0v) is 11.5. The summed E-state index contributed by atoms with van der Waals surface area (Å²) in [4.78, 5) is 16.4. The van der Waals surface area contributed by atoms with Crippen molar-refractivity contribution in [2.75, 3.05) is 6.54 Å². The summed E-state index contributed by atoms with van der Waals surface area (Å²) in [5.74, 6) is 1.81. The second-order valence-electron chi connectivity index (χ2n) is 5.95. The molecule has 1 aliphatic carbocycles. The van der Waals surface area contributed by atoms with Crippen molar-refractivity contribution in [1.82, 2.24) is 10.6 Å². The first-order chi connectivity index (χ1) is 8.66. The van der Waals surface area contributed by atoms with Gasteiger partial charge in [0.15, 0.2) is 5.96 Å². The van der Waals surface area contributed by atoms with Gasteiger partial charge in [-0.1, -0.05) is 39.5 Å². The molecule has 2 aliphatic rings. The maximum atomic E-state index is 12.0. The summed E-state index contributed by atoms with van der Waals surface area (Å²) in [6.07, 6.45) is 7.49. The molecule has 2 N–H and O–H groups in total. The third kappa shape index (κ3) is 3.47. The third-order valence-corrected chi connectivity index (χ3v) is 3.80. The van der Waals surface area contributed by atoms with Crippen LogP contribution in [0.15, 0.2) is 4.99 Å². The van der Waals surface area contributed by atoms with E-state index in [9.17, 15) is 4.79 Å². The molecular weight excluding hydrogens is 226 g/mol. The fourth-order valence-corrected chi connectivity index (χ4v) is 2.78. The van der Waals surface area contributed by atoms with Gasteiger partial charge >= 0.3 is 0 Å². The average Bonchev–Trinajstić information content (AvgIpc) is 2.55. The number of carbonyl (C=O) groups excluding carboxylic acids is 1. The lowest BCUT2D eigenvalue weighted by Crippen LogP contribution is -2.37. The molecule has 0 radical (unpaired) electrons. The van der Waals surface area contributed by atoms with E-state index in [2.05, 4.69) is 29.5 Å². The molecular formula is C14H25N3O. The van der Waals surface area contributed by atoms with Crippen LogP contribution in [-0.4, -0.2) is 24.5 Å². The minimum atomic E-state index is -0.0472. The molecule has 1 atom stereocenters. The van der Waals surface area contributed by atoms with E-state index in [4.69, 9.17) is 0 Å². The minimum Gasteiger partial charge on any atom is -0.344 e. The molecule has 1 saturated carbocycles. The first-order valence-electron chi connectivity index (χ1n) is 7.28. The number of nitrogens with zero attached hydrogens (tertiary/aromatic N) is 1. The third-order valence-electron chi connectivity index (χ3n) is 3.80. The van der Waals surface area contributed by atoms with Crippen LogP contribution >= 0.6 is 0 Å². The van der Waals surface area contributed by atoms with E-state index in [0.29, 0.717) is 17.8 Å². The van der Waals surface area contributed by atoms with Crippen LogP contribution in [0.3, 0.4) is 0 Å². The Morgan fingerprint density at radius 1 is 1.22 bits per heavy atom. The fourth-order valence-electron chi connectivity index (χ4n) is 2.78. The first kappa shape index (κ1) is 13.4. The highest BCUT2D eigenvalue weighted by atomic mass is 16.2. The van der Waals surface area contributed by atoms with Crippen LogP contribution in [0.4, 0.5) is 0 Å². The second kappa shape index (κ2) is 6.21. The summed E-state index contributed by atoms with van der Waals surface area (Å²) in [6.45, 7) is 5.02. The predicted molar refractivity (Wildman–Crippen MR) is 73.4 cm³/mol. The molecule has 1 amide bonds. The van der Waals surface area contributed by atoms with Crippen molar-refractivity contribution in [3.63, 3.8) is 0 Å². The van der Waals surface area contributed by atoms with Crippen LogP contribution in [-0.2, 0) is 4.79 Å². The van der Waals surface area contributed by atoms with E-state index in [-0.39, 0.29) is 11.9 Å². The second-order valence-corrected chi connectivity index (χ2v) is 5.95. The number of nitrogens with one attached hydrogen (secondary N) is 2. The molecule has 0 aromatic heterocycles. The number of guanidine groups is 1. The quantitative estimate of drug-likeness (QED) is 0.754. The van der Waals surface area contributed by atoms with Gasteiger partial charge in [0.25, 0.3) is 0 Å². The summed E-state index contributed by atoms with van der Waals surface area (Å²) >= 11 is 0. The van der Waals surface area contributed by atoms with Gasteiger partial charge in [0.2, 0.25) is 5.91 Å². The summed E-state index contributed by atoms with van der Waals surface area (Å²) in [5, 5.41) is 6.16. The van der Waals surface area contributed by atoms with E-state index >= 15 is 0 Å². The Balaban J connectivity index is 1.93. The standard InChI is InChI=1S/C14H25N3O/c1-10(2)9-15-14-16-12(13(18)17-14)11-7-5-3-4-6-8-11/h10-12H,3-9H2,1-2H3,(H2,15,16,17,18). The number of hydrogen-bond donors (Lipinski definition) is 2. The maximum absolute atomic E-state index is 12.0. The van der Waals surface area contributed by atoms with E-state index in [1.165, 1.54) is 38.5 Å². The number of amides is 1. The van der Waals surface area contributed by atoms with Crippen molar-refractivity contribution in [3.8, 4) is 0 Å². The normalized spacial score (nSPS) is 28.3. The Hall–Kier alpha value is -1.06. The summed E-state index contributed by atoms with van der Waals surface area (Å²) in [6, 6.07) is -0.0472. The number of carbonyl (C=O) groups is 1. The van der Waals surface area contributed by atoms with Crippen LogP contribution in [0.2, 0.25) is 0 Å².